The van der Waals surface area contributed by atoms with Crippen molar-refractivity contribution in [3.8, 4) is 11.3 Å². The molecule has 140 valence electrons. The van der Waals surface area contributed by atoms with Crippen LogP contribution in [0.3, 0.4) is 0 Å². The predicted molar refractivity (Wildman–Crippen MR) is 98.0 cm³/mol. The molecule has 0 saturated carbocycles. The molecule has 2 heterocycles. The Bertz CT molecular complexity index is 1000. The number of nitrogens with one attached hydrogen (secondary N) is 1. The van der Waals surface area contributed by atoms with E-state index in [0.717, 1.165) is 0 Å². The molecule has 0 saturated heterocycles. The van der Waals surface area contributed by atoms with E-state index in [1.54, 1.807) is 51.1 Å². The monoisotopic (exact) mass is 388 g/mol. The third-order valence-electron chi connectivity index (χ3n) is 4.11. The Balaban J connectivity index is 1.97. The number of nitrogens with zero attached hydrogens (tertiary/aromatic N) is 1. The summed E-state index contributed by atoms with van der Waals surface area (Å²) in [6.45, 7) is 5.10. The fourth-order valence-electron chi connectivity index (χ4n) is 2.87. The van der Waals surface area contributed by atoms with Crippen LogP contribution < -0.4 is 5.32 Å². The summed E-state index contributed by atoms with van der Waals surface area (Å²) < 4.78 is 10.4. The number of carboxylic acids is 1. The number of halogens is 1. The molecule has 2 N–H and O–H groups in total. The second kappa shape index (κ2) is 7.28. The van der Waals surface area contributed by atoms with E-state index >= 15 is 0 Å². The highest BCUT2D eigenvalue weighted by Crippen LogP contribution is 2.31. The second-order valence-electron chi connectivity index (χ2n) is 6.11. The van der Waals surface area contributed by atoms with Gasteiger partial charge in [0.1, 0.15) is 17.2 Å². The standard InChI is InChI=1S/C19H17ClN2O5/c1-9-8-14(11(3)26-9)18(23)21-10(2)15-16(22-27-17(15)19(24)25)12-4-6-13(20)7-5-12/h4-8,10H,1-3H3,(H,21,23)(H,24,25). The van der Waals surface area contributed by atoms with Gasteiger partial charge in [-0.1, -0.05) is 28.9 Å². The lowest BCUT2D eigenvalue weighted by Crippen LogP contribution is -2.28. The lowest BCUT2D eigenvalue weighted by molar-refractivity contribution is 0.0648. The third kappa shape index (κ3) is 3.73. The highest BCUT2D eigenvalue weighted by molar-refractivity contribution is 6.30. The van der Waals surface area contributed by atoms with Gasteiger partial charge >= 0.3 is 5.97 Å². The molecule has 1 amide bonds. The van der Waals surface area contributed by atoms with Crippen molar-refractivity contribution in [2.45, 2.75) is 26.8 Å². The maximum atomic E-state index is 12.6. The SMILES string of the molecule is Cc1cc(C(=O)NC(C)c2c(-c3ccc(Cl)cc3)noc2C(=O)O)c(C)o1. The van der Waals surface area contributed by atoms with E-state index in [0.29, 0.717) is 33.4 Å². The normalized spacial score (nSPS) is 12.0. The molecule has 27 heavy (non-hydrogen) atoms. The van der Waals surface area contributed by atoms with Crippen LogP contribution in [0.4, 0.5) is 0 Å². The summed E-state index contributed by atoms with van der Waals surface area (Å²) in [5, 5.41) is 16.6. The van der Waals surface area contributed by atoms with Crippen molar-refractivity contribution in [3.63, 3.8) is 0 Å². The predicted octanol–water partition coefficient (Wildman–Crippen LogP) is 4.39. The molecule has 0 spiro atoms. The minimum Gasteiger partial charge on any atom is -0.475 e. The van der Waals surface area contributed by atoms with Crippen molar-refractivity contribution < 1.29 is 23.6 Å². The van der Waals surface area contributed by atoms with Gasteiger partial charge in [0, 0.05) is 10.6 Å². The molecule has 1 aromatic carbocycles. The minimum atomic E-state index is -1.27. The highest BCUT2D eigenvalue weighted by atomic mass is 35.5. The number of rotatable bonds is 5. The molecule has 0 aliphatic carbocycles. The van der Waals surface area contributed by atoms with Crippen molar-refractivity contribution in [3.05, 3.63) is 63.8 Å². The average Bonchev–Trinajstić information content (AvgIpc) is 3.19. The number of furan rings is 1. The highest BCUT2D eigenvalue weighted by Gasteiger charge is 2.28. The largest absolute Gasteiger partial charge is 0.475 e. The quantitative estimate of drug-likeness (QED) is 0.671. The van der Waals surface area contributed by atoms with E-state index in [2.05, 4.69) is 10.5 Å². The van der Waals surface area contributed by atoms with E-state index in [9.17, 15) is 14.7 Å². The summed E-state index contributed by atoms with van der Waals surface area (Å²) in [6.07, 6.45) is 0. The van der Waals surface area contributed by atoms with Crippen LogP contribution in [-0.2, 0) is 0 Å². The third-order valence-corrected chi connectivity index (χ3v) is 4.36. The number of hydrogen-bond donors (Lipinski definition) is 2. The van der Waals surface area contributed by atoms with Crippen LogP contribution >= 0.6 is 11.6 Å². The number of aryl methyl sites for hydroxylation is 2. The first-order valence-electron chi connectivity index (χ1n) is 8.14. The number of carbonyl (C=O) groups excluding carboxylic acids is 1. The van der Waals surface area contributed by atoms with E-state index in [1.165, 1.54) is 0 Å². The molecule has 8 heteroatoms. The van der Waals surface area contributed by atoms with Gasteiger partial charge in [0.15, 0.2) is 0 Å². The van der Waals surface area contributed by atoms with Gasteiger partial charge in [0.2, 0.25) is 5.76 Å². The van der Waals surface area contributed by atoms with Gasteiger partial charge in [-0.3, -0.25) is 4.79 Å². The van der Waals surface area contributed by atoms with Crippen molar-refractivity contribution >= 4 is 23.5 Å². The fourth-order valence-corrected chi connectivity index (χ4v) is 3.00. The molecule has 0 radical (unpaired) electrons. The summed E-state index contributed by atoms with van der Waals surface area (Å²) in [4.78, 5) is 24.1. The van der Waals surface area contributed by atoms with E-state index in [-0.39, 0.29) is 17.2 Å². The Hall–Kier alpha value is -3.06. The number of benzene rings is 1. The summed E-state index contributed by atoms with van der Waals surface area (Å²) >= 11 is 5.91. The first-order valence-corrected chi connectivity index (χ1v) is 8.52. The van der Waals surface area contributed by atoms with Crippen LogP contribution in [0.5, 0.6) is 0 Å². The number of aromatic carboxylic acids is 1. The van der Waals surface area contributed by atoms with E-state index < -0.39 is 12.0 Å². The van der Waals surface area contributed by atoms with Crippen molar-refractivity contribution in [2.75, 3.05) is 0 Å². The Morgan fingerprint density at radius 3 is 2.44 bits per heavy atom. The topological polar surface area (TPSA) is 106 Å². The van der Waals surface area contributed by atoms with Crippen LogP contribution in [0.1, 0.15) is 51.0 Å². The van der Waals surface area contributed by atoms with Crippen LogP contribution in [0.25, 0.3) is 11.3 Å². The second-order valence-corrected chi connectivity index (χ2v) is 6.54. The maximum absolute atomic E-state index is 12.6. The number of hydrogen-bond acceptors (Lipinski definition) is 5. The number of carboxylic acid groups (broad SMARTS) is 1. The number of carbonyl (C=O) groups is 2. The summed E-state index contributed by atoms with van der Waals surface area (Å²) in [6, 6.07) is 7.69. The molecule has 2 aromatic heterocycles. The Labute approximate surface area is 159 Å². The van der Waals surface area contributed by atoms with Crippen LogP contribution in [0, 0.1) is 13.8 Å². The molecule has 3 rings (SSSR count). The number of amides is 1. The molecular formula is C19H17ClN2O5. The Kier molecular flexibility index (Phi) is 5.05. The van der Waals surface area contributed by atoms with Crippen molar-refractivity contribution in [1.29, 1.82) is 0 Å². The van der Waals surface area contributed by atoms with Crippen LogP contribution in [0.15, 0.2) is 39.3 Å². The van der Waals surface area contributed by atoms with Gasteiger partial charge in [-0.15, -0.1) is 0 Å². The van der Waals surface area contributed by atoms with Crippen molar-refractivity contribution in [1.82, 2.24) is 10.5 Å². The van der Waals surface area contributed by atoms with Gasteiger partial charge in [-0.25, -0.2) is 4.79 Å². The molecule has 0 bridgehead atoms. The van der Waals surface area contributed by atoms with Gasteiger partial charge in [-0.05, 0) is 39.0 Å². The zero-order chi connectivity index (χ0) is 19.7. The molecule has 0 fully saturated rings. The van der Waals surface area contributed by atoms with Crippen LogP contribution in [0.2, 0.25) is 5.02 Å². The van der Waals surface area contributed by atoms with E-state index in [1.807, 2.05) is 0 Å². The Morgan fingerprint density at radius 1 is 1.22 bits per heavy atom. The molecule has 1 atom stereocenters. The van der Waals surface area contributed by atoms with Gasteiger partial charge in [0.25, 0.3) is 5.91 Å². The lowest BCUT2D eigenvalue weighted by Gasteiger charge is -2.14. The zero-order valence-corrected chi connectivity index (χ0v) is 15.6. The lowest BCUT2D eigenvalue weighted by atomic mass is 10.00. The average molecular weight is 389 g/mol. The first kappa shape index (κ1) is 18.7. The van der Waals surface area contributed by atoms with E-state index in [4.69, 9.17) is 20.5 Å². The molecule has 0 aliphatic heterocycles. The fraction of sp³-hybridized carbons (Fsp3) is 0.211. The zero-order valence-electron chi connectivity index (χ0n) is 14.9. The summed E-state index contributed by atoms with van der Waals surface area (Å²) in [5.41, 5.74) is 1.62. The van der Waals surface area contributed by atoms with Gasteiger partial charge in [0.05, 0.1) is 17.2 Å². The first-order chi connectivity index (χ1) is 12.8. The number of aromatic nitrogens is 1. The minimum absolute atomic E-state index is 0.274. The van der Waals surface area contributed by atoms with Crippen LogP contribution in [-0.4, -0.2) is 22.1 Å². The summed E-state index contributed by atoms with van der Waals surface area (Å²) in [5.74, 6) is -0.874. The van der Waals surface area contributed by atoms with Crippen molar-refractivity contribution in [2.24, 2.45) is 0 Å². The summed E-state index contributed by atoms with van der Waals surface area (Å²) in [7, 11) is 0. The molecule has 3 aromatic rings. The molecule has 1 unspecified atom stereocenters. The maximum Gasteiger partial charge on any atom is 0.375 e. The molecule has 0 aliphatic rings. The van der Waals surface area contributed by atoms with Gasteiger partial charge in [-0.2, -0.15) is 0 Å². The molecular weight excluding hydrogens is 372 g/mol. The molecule has 7 nitrogen and oxygen atoms in total. The Morgan fingerprint density at radius 2 is 1.89 bits per heavy atom. The van der Waals surface area contributed by atoms with Gasteiger partial charge < -0.3 is 19.4 Å². The smallest absolute Gasteiger partial charge is 0.375 e.